The van der Waals surface area contributed by atoms with E-state index < -0.39 is 11.7 Å². The molecule has 1 fully saturated rings. The van der Waals surface area contributed by atoms with Gasteiger partial charge in [0.2, 0.25) is 0 Å². The normalized spacial score (nSPS) is 16.2. The maximum absolute atomic E-state index is 15.2. The zero-order chi connectivity index (χ0) is 21.5. The fraction of sp³-hybridized carbons (Fsp3) is 0.273. The fourth-order valence-corrected chi connectivity index (χ4v) is 4.11. The maximum Gasteiger partial charge on any atom is 0.259 e. The summed E-state index contributed by atoms with van der Waals surface area (Å²) in [4.78, 5) is 24.5. The molecule has 1 aliphatic rings. The summed E-state index contributed by atoms with van der Waals surface area (Å²) in [6, 6.07) is 8.62. The third-order valence-corrected chi connectivity index (χ3v) is 5.70. The number of halogens is 1. The molecule has 1 unspecified atom stereocenters. The van der Waals surface area contributed by atoms with Gasteiger partial charge in [-0.1, -0.05) is 6.07 Å². The maximum atomic E-state index is 15.2. The Morgan fingerprint density at radius 1 is 1.23 bits per heavy atom. The molecule has 1 saturated heterocycles. The van der Waals surface area contributed by atoms with Gasteiger partial charge >= 0.3 is 0 Å². The number of hydrogen-bond acceptors (Lipinski definition) is 5. The lowest BCUT2D eigenvalue weighted by Crippen LogP contribution is -2.33. The number of aryl methyl sites for hydroxylation is 1. The van der Waals surface area contributed by atoms with Crippen molar-refractivity contribution in [2.75, 3.05) is 13.7 Å². The molecule has 8 nitrogen and oxygen atoms in total. The number of rotatable bonds is 4. The topological polar surface area (TPSA) is 88.9 Å². The number of nitrogens with zero attached hydrogens (tertiary/aromatic N) is 5. The van der Waals surface area contributed by atoms with Crippen molar-refractivity contribution in [1.82, 2.24) is 29.9 Å². The van der Waals surface area contributed by atoms with Gasteiger partial charge < -0.3 is 14.6 Å². The highest BCUT2D eigenvalue weighted by Gasteiger charge is 2.35. The number of methoxy groups -OCH3 is 1. The van der Waals surface area contributed by atoms with Gasteiger partial charge in [-0.3, -0.25) is 4.79 Å². The summed E-state index contributed by atoms with van der Waals surface area (Å²) in [5, 5.41) is 8.17. The number of benzene rings is 2. The smallest absolute Gasteiger partial charge is 0.259 e. The second-order valence-electron chi connectivity index (χ2n) is 7.57. The number of aromatic nitrogens is 5. The Hall–Kier alpha value is -3.75. The van der Waals surface area contributed by atoms with Crippen molar-refractivity contribution >= 4 is 16.9 Å². The number of hydrogen-bond donors (Lipinski definition) is 1. The van der Waals surface area contributed by atoms with E-state index in [1.54, 1.807) is 31.1 Å². The number of carbonyl (C=O) groups excluding carboxylic acids is 1. The zero-order valence-electron chi connectivity index (χ0n) is 17.2. The van der Waals surface area contributed by atoms with Crippen molar-refractivity contribution in [3.05, 3.63) is 65.5 Å². The average molecular weight is 420 g/mol. The quantitative estimate of drug-likeness (QED) is 0.545. The van der Waals surface area contributed by atoms with E-state index in [4.69, 9.17) is 4.74 Å². The van der Waals surface area contributed by atoms with Crippen molar-refractivity contribution in [2.24, 2.45) is 0 Å². The Morgan fingerprint density at radius 3 is 2.81 bits per heavy atom. The number of fused-ring (bicyclic) bond motifs is 1. The number of H-pyrrole nitrogens is 1. The second-order valence-corrected chi connectivity index (χ2v) is 7.57. The third kappa shape index (κ3) is 3.22. The highest BCUT2D eigenvalue weighted by Crippen LogP contribution is 2.35. The van der Waals surface area contributed by atoms with Crippen LogP contribution in [0, 0.1) is 12.7 Å². The van der Waals surface area contributed by atoms with Gasteiger partial charge in [0, 0.05) is 12.6 Å². The van der Waals surface area contributed by atoms with Crippen LogP contribution >= 0.6 is 0 Å². The molecule has 0 bridgehead atoms. The number of ether oxygens (including phenoxy) is 1. The summed E-state index contributed by atoms with van der Waals surface area (Å²) >= 11 is 0. The van der Waals surface area contributed by atoms with Crippen LogP contribution < -0.4 is 4.74 Å². The van der Waals surface area contributed by atoms with Gasteiger partial charge in [0.1, 0.15) is 28.6 Å². The Bertz CT molecular complexity index is 1270. The first-order valence-electron chi connectivity index (χ1n) is 10.1. The molecule has 1 N–H and O–H groups in total. The number of likely N-dealkylation sites (tertiary alicyclic amines) is 1. The van der Waals surface area contributed by atoms with Gasteiger partial charge in [0.05, 0.1) is 36.6 Å². The lowest BCUT2D eigenvalue weighted by Gasteiger charge is -2.24. The SMILES string of the molecule is COc1ccc2[nH]c(C3CCCN3C(=O)c3c(-n4nccn4)ccc(C)c3F)nc2c1. The monoisotopic (exact) mass is 420 g/mol. The van der Waals surface area contributed by atoms with E-state index in [9.17, 15) is 4.79 Å². The van der Waals surface area contributed by atoms with E-state index in [1.807, 2.05) is 18.2 Å². The highest BCUT2D eigenvalue weighted by molar-refractivity contribution is 5.98. The predicted octanol–water partition coefficient (Wildman–Crippen LogP) is 3.58. The molecule has 0 aliphatic carbocycles. The molecule has 5 rings (SSSR count). The van der Waals surface area contributed by atoms with E-state index in [-0.39, 0.29) is 11.6 Å². The Balaban J connectivity index is 1.55. The third-order valence-electron chi connectivity index (χ3n) is 5.70. The molecular formula is C22H21FN6O2. The minimum atomic E-state index is -0.556. The zero-order valence-corrected chi connectivity index (χ0v) is 17.2. The molecule has 4 aromatic rings. The van der Waals surface area contributed by atoms with Crippen LogP contribution in [-0.2, 0) is 0 Å². The number of nitrogens with one attached hydrogen (secondary N) is 1. The van der Waals surface area contributed by atoms with Crippen molar-refractivity contribution in [2.45, 2.75) is 25.8 Å². The van der Waals surface area contributed by atoms with Crippen molar-refractivity contribution in [1.29, 1.82) is 0 Å². The fourth-order valence-electron chi connectivity index (χ4n) is 4.11. The van der Waals surface area contributed by atoms with Crippen molar-refractivity contribution < 1.29 is 13.9 Å². The molecular weight excluding hydrogens is 399 g/mol. The van der Waals surface area contributed by atoms with Gasteiger partial charge in [-0.15, -0.1) is 0 Å². The van der Waals surface area contributed by atoms with Crippen LogP contribution in [0.3, 0.4) is 0 Å². The van der Waals surface area contributed by atoms with E-state index in [1.165, 1.54) is 17.2 Å². The molecule has 2 aromatic heterocycles. The molecule has 1 atom stereocenters. The highest BCUT2D eigenvalue weighted by atomic mass is 19.1. The van der Waals surface area contributed by atoms with Crippen LogP contribution in [0.25, 0.3) is 16.7 Å². The Morgan fingerprint density at radius 2 is 2.03 bits per heavy atom. The molecule has 31 heavy (non-hydrogen) atoms. The first kappa shape index (κ1) is 19.2. The van der Waals surface area contributed by atoms with Crippen molar-refractivity contribution in [3.63, 3.8) is 0 Å². The summed E-state index contributed by atoms with van der Waals surface area (Å²) in [6.45, 7) is 2.16. The Labute approximate surface area is 177 Å². The standard InChI is InChI=1S/C22H21FN6O2/c1-13-5-8-17(29-24-9-10-25-29)19(20(13)23)22(30)28-11-3-4-18(28)21-26-15-7-6-14(31-2)12-16(15)27-21/h5-10,12,18H,3-4,11H2,1-2H3,(H,26,27). The molecule has 1 amide bonds. The lowest BCUT2D eigenvalue weighted by molar-refractivity contribution is 0.0725. The van der Waals surface area contributed by atoms with Gasteiger partial charge in [-0.05, 0) is 43.5 Å². The minimum Gasteiger partial charge on any atom is -0.497 e. The molecule has 2 aromatic carbocycles. The first-order chi connectivity index (χ1) is 15.1. The van der Waals surface area contributed by atoms with E-state index in [0.29, 0.717) is 29.4 Å². The number of aromatic amines is 1. The first-order valence-corrected chi connectivity index (χ1v) is 10.1. The van der Waals surface area contributed by atoms with Gasteiger partial charge in [-0.2, -0.15) is 15.0 Å². The molecule has 9 heteroatoms. The molecule has 0 radical (unpaired) electrons. The Kier molecular flexibility index (Phi) is 4.65. The number of amides is 1. The number of imidazole rings is 1. The minimum absolute atomic E-state index is 0.0270. The summed E-state index contributed by atoms with van der Waals surface area (Å²) in [6.07, 6.45) is 4.53. The molecule has 0 spiro atoms. The van der Waals surface area contributed by atoms with Crippen LogP contribution in [0.1, 0.15) is 40.6 Å². The van der Waals surface area contributed by atoms with Crippen LogP contribution in [0.5, 0.6) is 5.75 Å². The van der Waals surface area contributed by atoms with Gasteiger partial charge in [-0.25, -0.2) is 9.37 Å². The van der Waals surface area contributed by atoms with Crippen molar-refractivity contribution in [3.8, 4) is 11.4 Å². The van der Waals surface area contributed by atoms with Crippen LogP contribution in [0.15, 0.2) is 42.7 Å². The lowest BCUT2D eigenvalue weighted by atomic mass is 10.1. The molecule has 158 valence electrons. The summed E-state index contributed by atoms with van der Waals surface area (Å²) < 4.78 is 20.5. The van der Waals surface area contributed by atoms with E-state index in [2.05, 4.69) is 20.2 Å². The second kappa shape index (κ2) is 7.50. The summed E-state index contributed by atoms with van der Waals surface area (Å²) in [7, 11) is 1.61. The predicted molar refractivity (Wildman–Crippen MR) is 112 cm³/mol. The molecule has 0 saturated carbocycles. The van der Waals surface area contributed by atoms with Gasteiger partial charge in [0.25, 0.3) is 5.91 Å². The van der Waals surface area contributed by atoms with Crippen LogP contribution in [0.2, 0.25) is 0 Å². The summed E-state index contributed by atoms with van der Waals surface area (Å²) in [5.41, 5.74) is 2.31. The number of carbonyl (C=O) groups is 1. The van der Waals surface area contributed by atoms with E-state index in [0.717, 1.165) is 23.9 Å². The van der Waals surface area contributed by atoms with Crippen LogP contribution in [0.4, 0.5) is 4.39 Å². The van der Waals surface area contributed by atoms with Gasteiger partial charge in [0.15, 0.2) is 0 Å². The average Bonchev–Trinajstić information content (AvgIpc) is 3.53. The van der Waals surface area contributed by atoms with E-state index >= 15 is 4.39 Å². The molecule has 3 heterocycles. The van der Waals surface area contributed by atoms with Crippen LogP contribution in [-0.4, -0.2) is 49.4 Å². The largest absolute Gasteiger partial charge is 0.497 e. The molecule has 1 aliphatic heterocycles. The summed E-state index contributed by atoms with van der Waals surface area (Å²) in [5.74, 6) is 0.442.